The second kappa shape index (κ2) is 7.51. The van der Waals surface area contributed by atoms with Gasteiger partial charge in [-0.2, -0.15) is 11.8 Å². The summed E-state index contributed by atoms with van der Waals surface area (Å²) in [5.41, 5.74) is 0. The molecule has 0 radical (unpaired) electrons. The molecule has 0 aromatic carbocycles. The van der Waals surface area contributed by atoms with Crippen LogP contribution < -0.4 is 10.6 Å². The van der Waals surface area contributed by atoms with Crippen LogP contribution in [0.15, 0.2) is 0 Å². The first-order valence-electron chi connectivity index (χ1n) is 6.36. The fourth-order valence-electron chi connectivity index (χ4n) is 1.93. The minimum Gasteiger partial charge on any atom is -0.480 e. The van der Waals surface area contributed by atoms with Gasteiger partial charge in [-0.3, -0.25) is 0 Å². The van der Waals surface area contributed by atoms with E-state index in [0.29, 0.717) is 6.42 Å². The highest BCUT2D eigenvalue weighted by Gasteiger charge is 2.23. The molecule has 2 atom stereocenters. The van der Waals surface area contributed by atoms with Crippen LogP contribution in [0.5, 0.6) is 0 Å². The van der Waals surface area contributed by atoms with Crippen LogP contribution in [0.1, 0.15) is 33.1 Å². The smallest absolute Gasteiger partial charge is 0.326 e. The molecule has 0 saturated carbocycles. The van der Waals surface area contributed by atoms with Crippen molar-refractivity contribution in [2.24, 2.45) is 5.92 Å². The summed E-state index contributed by atoms with van der Waals surface area (Å²) >= 11 is 1.82. The first kappa shape index (κ1) is 15.1. The molecular weight excluding hydrogens is 252 g/mol. The number of rotatable bonds is 5. The maximum absolute atomic E-state index is 11.7. The fraction of sp³-hybridized carbons (Fsp3) is 0.833. The number of carbonyl (C=O) groups is 2. The van der Waals surface area contributed by atoms with Crippen molar-refractivity contribution in [3.8, 4) is 0 Å². The number of aliphatic carboxylic acids is 1. The Morgan fingerprint density at radius 3 is 2.67 bits per heavy atom. The average Bonchev–Trinajstić information content (AvgIpc) is 2.28. The number of nitrogens with one attached hydrogen (secondary N) is 2. The highest BCUT2D eigenvalue weighted by atomic mass is 32.2. The van der Waals surface area contributed by atoms with Gasteiger partial charge in [-0.05, 0) is 30.9 Å². The molecule has 6 heteroatoms. The summed E-state index contributed by atoms with van der Waals surface area (Å²) < 4.78 is 0. The first-order valence-corrected chi connectivity index (χ1v) is 7.52. The molecule has 1 heterocycles. The number of hydrogen-bond acceptors (Lipinski definition) is 3. The van der Waals surface area contributed by atoms with E-state index >= 15 is 0 Å². The van der Waals surface area contributed by atoms with Gasteiger partial charge in [0.25, 0.3) is 0 Å². The SMILES string of the molecule is CC(C)CC(NC(=O)NC1CCCSC1)C(=O)O. The lowest BCUT2D eigenvalue weighted by atomic mass is 10.0. The molecule has 1 rings (SSSR count). The minimum atomic E-state index is -0.975. The number of hydrogen-bond donors (Lipinski definition) is 3. The van der Waals surface area contributed by atoms with Crippen LogP contribution in [0, 0.1) is 5.92 Å². The Kier molecular flexibility index (Phi) is 6.32. The van der Waals surface area contributed by atoms with E-state index in [-0.39, 0.29) is 18.0 Å². The van der Waals surface area contributed by atoms with Gasteiger partial charge in [0, 0.05) is 11.8 Å². The molecule has 0 spiro atoms. The van der Waals surface area contributed by atoms with Gasteiger partial charge in [0.15, 0.2) is 0 Å². The predicted octanol–water partition coefficient (Wildman–Crippen LogP) is 1.68. The van der Waals surface area contributed by atoms with E-state index in [1.54, 1.807) is 0 Å². The molecule has 1 aliphatic rings. The molecule has 1 saturated heterocycles. The molecule has 1 fully saturated rings. The monoisotopic (exact) mass is 274 g/mol. The van der Waals surface area contributed by atoms with Crippen molar-refractivity contribution in [1.29, 1.82) is 0 Å². The van der Waals surface area contributed by atoms with Gasteiger partial charge in [0.2, 0.25) is 0 Å². The lowest BCUT2D eigenvalue weighted by molar-refractivity contribution is -0.139. The zero-order chi connectivity index (χ0) is 13.5. The normalized spacial score (nSPS) is 21.4. The Morgan fingerprint density at radius 1 is 1.44 bits per heavy atom. The summed E-state index contributed by atoms with van der Waals surface area (Å²) in [6.07, 6.45) is 2.52. The van der Waals surface area contributed by atoms with Crippen molar-refractivity contribution in [1.82, 2.24) is 10.6 Å². The average molecular weight is 274 g/mol. The van der Waals surface area contributed by atoms with Crippen molar-refractivity contribution in [2.45, 2.75) is 45.2 Å². The van der Waals surface area contributed by atoms with Crippen molar-refractivity contribution in [3.63, 3.8) is 0 Å². The number of carbonyl (C=O) groups excluding carboxylic acids is 1. The molecule has 0 bridgehead atoms. The van der Waals surface area contributed by atoms with Gasteiger partial charge in [0.1, 0.15) is 6.04 Å². The summed E-state index contributed by atoms with van der Waals surface area (Å²) in [7, 11) is 0. The van der Waals surface area contributed by atoms with E-state index in [1.165, 1.54) is 0 Å². The molecule has 1 aliphatic heterocycles. The second-order valence-corrected chi connectivity index (χ2v) is 6.20. The molecule has 104 valence electrons. The highest BCUT2D eigenvalue weighted by molar-refractivity contribution is 7.99. The third-order valence-corrected chi connectivity index (χ3v) is 4.02. The van der Waals surface area contributed by atoms with Crippen LogP contribution in [0.3, 0.4) is 0 Å². The van der Waals surface area contributed by atoms with E-state index in [1.807, 2.05) is 25.6 Å². The van der Waals surface area contributed by atoms with Crippen molar-refractivity contribution in [3.05, 3.63) is 0 Å². The topological polar surface area (TPSA) is 78.4 Å². The molecule has 18 heavy (non-hydrogen) atoms. The lowest BCUT2D eigenvalue weighted by Gasteiger charge is -2.24. The zero-order valence-electron chi connectivity index (χ0n) is 10.9. The van der Waals surface area contributed by atoms with Crippen LogP contribution in [-0.4, -0.2) is 40.7 Å². The Hall–Kier alpha value is -0.910. The third-order valence-electron chi connectivity index (χ3n) is 2.81. The summed E-state index contributed by atoms with van der Waals surface area (Å²) in [6, 6.07) is -1.01. The Bertz CT molecular complexity index is 291. The Labute approximate surface area is 112 Å². The largest absolute Gasteiger partial charge is 0.480 e. The van der Waals surface area contributed by atoms with E-state index in [9.17, 15) is 9.59 Å². The van der Waals surface area contributed by atoms with Crippen molar-refractivity contribution >= 4 is 23.8 Å². The van der Waals surface area contributed by atoms with Crippen molar-refractivity contribution in [2.75, 3.05) is 11.5 Å². The van der Waals surface area contributed by atoms with Gasteiger partial charge in [-0.25, -0.2) is 9.59 Å². The second-order valence-electron chi connectivity index (χ2n) is 5.05. The van der Waals surface area contributed by atoms with Crippen molar-refractivity contribution < 1.29 is 14.7 Å². The standard InChI is InChI=1S/C12H22N2O3S/c1-8(2)6-10(11(15)16)14-12(17)13-9-4-3-5-18-7-9/h8-10H,3-7H2,1-2H3,(H,15,16)(H2,13,14,17). The zero-order valence-corrected chi connectivity index (χ0v) is 11.8. The number of thioether (sulfide) groups is 1. The minimum absolute atomic E-state index is 0.164. The lowest BCUT2D eigenvalue weighted by Crippen LogP contribution is -2.50. The van der Waals surface area contributed by atoms with Gasteiger partial charge in [0.05, 0.1) is 0 Å². The van der Waals surface area contributed by atoms with Gasteiger partial charge >= 0.3 is 12.0 Å². The number of urea groups is 1. The molecular formula is C12H22N2O3S. The summed E-state index contributed by atoms with van der Waals surface area (Å²) in [4.78, 5) is 22.7. The quantitative estimate of drug-likeness (QED) is 0.713. The number of carboxylic acid groups (broad SMARTS) is 1. The molecule has 0 aliphatic carbocycles. The van der Waals surface area contributed by atoms with Crippen LogP contribution in [0.2, 0.25) is 0 Å². The molecule has 2 unspecified atom stereocenters. The number of carboxylic acids is 1. The van der Waals surface area contributed by atoms with Crippen LogP contribution in [0.25, 0.3) is 0 Å². The molecule has 0 aromatic heterocycles. The molecule has 0 aromatic rings. The summed E-state index contributed by atoms with van der Waals surface area (Å²) in [5, 5.41) is 14.4. The van der Waals surface area contributed by atoms with Gasteiger partial charge < -0.3 is 15.7 Å². The maximum atomic E-state index is 11.7. The Morgan fingerprint density at radius 2 is 2.17 bits per heavy atom. The predicted molar refractivity (Wildman–Crippen MR) is 72.9 cm³/mol. The molecule has 5 nitrogen and oxygen atoms in total. The third kappa shape index (κ3) is 5.62. The van der Waals surface area contributed by atoms with Gasteiger partial charge in [-0.1, -0.05) is 13.8 Å². The summed E-state index contributed by atoms with van der Waals surface area (Å²) in [6.45, 7) is 3.88. The van der Waals surface area contributed by atoms with E-state index < -0.39 is 12.0 Å². The fourth-order valence-corrected chi connectivity index (χ4v) is 3.00. The highest BCUT2D eigenvalue weighted by Crippen LogP contribution is 2.16. The van der Waals surface area contributed by atoms with Crippen LogP contribution in [0.4, 0.5) is 4.79 Å². The Balaban J connectivity index is 2.37. The van der Waals surface area contributed by atoms with Crippen LogP contribution >= 0.6 is 11.8 Å². The summed E-state index contributed by atoms with van der Waals surface area (Å²) in [5.74, 6) is 1.31. The number of amides is 2. The van der Waals surface area contributed by atoms with Crippen LogP contribution in [-0.2, 0) is 4.79 Å². The molecule has 3 N–H and O–H groups in total. The van der Waals surface area contributed by atoms with E-state index in [0.717, 1.165) is 24.3 Å². The first-order chi connectivity index (χ1) is 8.49. The van der Waals surface area contributed by atoms with E-state index in [2.05, 4.69) is 10.6 Å². The maximum Gasteiger partial charge on any atom is 0.326 e. The molecule has 2 amide bonds. The van der Waals surface area contributed by atoms with Gasteiger partial charge in [-0.15, -0.1) is 0 Å². The van der Waals surface area contributed by atoms with E-state index in [4.69, 9.17) is 5.11 Å².